The maximum absolute atomic E-state index is 11.7. The average molecular weight is 318 g/mol. The summed E-state index contributed by atoms with van der Waals surface area (Å²) < 4.78 is 10.9. The molecule has 18 heavy (non-hydrogen) atoms. The molecule has 0 bridgehead atoms. The molecule has 1 aromatic rings. The van der Waals surface area contributed by atoms with Crippen LogP contribution in [0.4, 0.5) is 4.79 Å². The van der Waals surface area contributed by atoms with Crippen molar-refractivity contribution in [1.29, 1.82) is 0 Å². The molecule has 5 nitrogen and oxygen atoms in total. The zero-order chi connectivity index (χ0) is 12.8. The van der Waals surface area contributed by atoms with E-state index in [-0.39, 0.29) is 35.9 Å². The van der Waals surface area contributed by atoms with Gasteiger partial charge in [0.25, 0.3) is 0 Å². The Morgan fingerprint density at radius 1 is 1.22 bits per heavy atom. The second kappa shape index (κ2) is 7.81. The number of carbonyl (C=O) groups excluding carboxylic acids is 2. The van der Waals surface area contributed by atoms with E-state index >= 15 is 0 Å². The highest BCUT2D eigenvalue weighted by atomic mass is 79.9. The summed E-state index contributed by atoms with van der Waals surface area (Å²) >= 11 is 0. The third kappa shape index (κ3) is 3.80. The lowest BCUT2D eigenvalue weighted by Gasteiger charge is -2.04. The Morgan fingerprint density at radius 3 is 2.39 bits per heavy atom. The van der Waals surface area contributed by atoms with Crippen molar-refractivity contribution in [3.05, 3.63) is 29.6 Å². The normalized spacial score (nSPS) is 9.28. The van der Waals surface area contributed by atoms with Crippen molar-refractivity contribution >= 4 is 12.1 Å². The standard InChI is InChI=1S/C12H16NO4.BrH/c1-4-16-11(14)10-9(3)7-6-8-13(10)12(15)17-5-2;/h6-8H,4-5H2,1-3H3;1H/q+1;/p-1. The lowest BCUT2D eigenvalue weighted by atomic mass is 10.2. The fourth-order valence-corrected chi connectivity index (χ4v) is 1.42. The van der Waals surface area contributed by atoms with E-state index < -0.39 is 12.1 Å². The topological polar surface area (TPSA) is 56.5 Å². The number of ether oxygens (including phenoxy) is 2. The summed E-state index contributed by atoms with van der Waals surface area (Å²) in [5, 5.41) is 0. The van der Waals surface area contributed by atoms with Crippen molar-refractivity contribution < 1.29 is 40.6 Å². The number of rotatable bonds is 3. The largest absolute Gasteiger partial charge is 1.00 e. The van der Waals surface area contributed by atoms with Crippen LogP contribution in [0.25, 0.3) is 0 Å². The van der Waals surface area contributed by atoms with Gasteiger partial charge in [-0.1, -0.05) is 4.57 Å². The maximum Gasteiger partial charge on any atom is 0.602 e. The number of aromatic nitrogens is 1. The van der Waals surface area contributed by atoms with Gasteiger partial charge in [-0.2, -0.15) is 4.79 Å². The fourth-order valence-electron chi connectivity index (χ4n) is 1.42. The Hall–Kier alpha value is -1.43. The Balaban J connectivity index is 0.00000289. The van der Waals surface area contributed by atoms with Crippen LogP contribution in [0, 0.1) is 6.92 Å². The minimum atomic E-state index is -0.584. The molecule has 0 aliphatic heterocycles. The van der Waals surface area contributed by atoms with E-state index in [1.165, 1.54) is 6.20 Å². The van der Waals surface area contributed by atoms with Gasteiger partial charge < -0.3 is 26.5 Å². The number of hydrogen-bond acceptors (Lipinski definition) is 4. The summed E-state index contributed by atoms with van der Waals surface area (Å²) in [6.45, 7) is 5.67. The molecule has 0 aliphatic rings. The van der Waals surface area contributed by atoms with Gasteiger partial charge >= 0.3 is 17.8 Å². The van der Waals surface area contributed by atoms with Crippen molar-refractivity contribution in [2.75, 3.05) is 13.2 Å². The smallest absolute Gasteiger partial charge is 0.602 e. The summed E-state index contributed by atoms with van der Waals surface area (Å²) in [5.74, 6) is -0.529. The molecule has 0 aliphatic carbocycles. The van der Waals surface area contributed by atoms with Gasteiger partial charge in [-0.3, -0.25) is 0 Å². The molecule has 1 rings (SSSR count). The van der Waals surface area contributed by atoms with Gasteiger partial charge in [0.2, 0.25) is 0 Å². The molecule has 0 unspecified atom stereocenters. The molecule has 100 valence electrons. The highest BCUT2D eigenvalue weighted by Crippen LogP contribution is 2.04. The van der Waals surface area contributed by atoms with Crippen LogP contribution in [0.5, 0.6) is 0 Å². The molecular formula is C12H16BrNO4. The van der Waals surface area contributed by atoms with Crippen LogP contribution in [0.1, 0.15) is 29.9 Å². The van der Waals surface area contributed by atoms with Crippen LogP contribution in [-0.2, 0) is 9.47 Å². The number of nitrogens with zero attached hydrogens (tertiary/aromatic N) is 1. The predicted octanol–water partition coefficient (Wildman–Crippen LogP) is -1.53. The molecule has 0 aromatic carbocycles. The summed E-state index contributed by atoms with van der Waals surface area (Å²) in [5.41, 5.74) is 0.867. The van der Waals surface area contributed by atoms with Gasteiger partial charge in [-0.05, 0) is 26.8 Å². The van der Waals surface area contributed by atoms with E-state index in [0.29, 0.717) is 5.56 Å². The summed E-state index contributed by atoms with van der Waals surface area (Å²) in [4.78, 5) is 23.4. The van der Waals surface area contributed by atoms with E-state index in [4.69, 9.17) is 9.47 Å². The SMILES string of the molecule is CCOC(=O)c1c(C)ccc[n+]1C(=O)OCC.[Br-]. The highest BCUT2D eigenvalue weighted by molar-refractivity contribution is 5.88. The Labute approximate surface area is 116 Å². The molecule has 1 heterocycles. The minimum absolute atomic E-state index is 0. The van der Waals surface area contributed by atoms with Crippen molar-refractivity contribution in [3.8, 4) is 0 Å². The van der Waals surface area contributed by atoms with Crippen molar-refractivity contribution in [1.82, 2.24) is 0 Å². The molecule has 0 radical (unpaired) electrons. The van der Waals surface area contributed by atoms with E-state index in [1.807, 2.05) is 0 Å². The second-order valence-electron chi connectivity index (χ2n) is 3.33. The van der Waals surface area contributed by atoms with Crippen LogP contribution in [0.15, 0.2) is 18.3 Å². The molecule has 0 atom stereocenters. The van der Waals surface area contributed by atoms with Gasteiger partial charge in [0.1, 0.15) is 0 Å². The molecule has 0 saturated carbocycles. The zero-order valence-corrected chi connectivity index (χ0v) is 12.2. The molecule has 0 amide bonds. The second-order valence-corrected chi connectivity index (χ2v) is 3.33. The van der Waals surface area contributed by atoms with Crippen LogP contribution in [0.2, 0.25) is 0 Å². The highest BCUT2D eigenvalue weighted by Gasteiger charge is 2.29. The van der Waals surface area contributed by atoms with E-state index in [0.717, 1.165) is 4.57 Å². The molecule has 0 N–H and O–H groups in total. The van der Waals surface area contributed by atoms with Crippen molar-refractivity contribution in [2.24, 2.45) is 0 Å². The molecule has 0 spiro atoms. The molecule has 1 aromatic heterocycles. The van der Waals surface area contributed by atoms with E-state index in [1.54, 1.807) is 32.9 Å². The number of pyridine rings is 1. The van der Waals surface area contributed by atoms with Gasteiger partial charge in [-0.25, -0.2) is 4.79 Å². The summed E-state index contributed by atoms with van der Waals surface area (Å²) in [7, 11) is 0. The Kier molecular flexibility index (Phi) is 7.19. The molecule has 6 heteroatoms. The minimum Gasteiger partial charge on any atom is -1.00 e. The quantitative estimate of drug-likeness (QED) is 0.501. The Bertz CT molecular complexity index is 434. The van der Waals surface area contributed by atoms with Crippen LogP contribution in [-0.4, -0.2) is 25.3 Å². The monoisotopic (exact) mass is 317 g/mol. The number of esters is 1. The number of aryl methyl sites for hydroxylation is 1. The van der Waals surface area contributed by atoms with E-state index in [9.17, 15) is 9.59 Å². The number of carbonyl (C=O) groups is 2. The lowest BCUT2D eigenvalue weighted by Crippen LogP contribution is -3.00. The fraction of sp³-hybridized carbons (Fsp3) is 0.417. The summed E-state index contributed by atoms with van der Waals surface area (Å²) in [6, 6.07) is 3.41. The van der Waals surface area contributed by atoms with Crippen molar-refractivity contribution in [2.45, 2.75) is 20.8 Å². The number of hydrogen-bond donors (Lipinski definition) is 0. The van der Waals surface area contributed by atoms with Crippen molar-refractivity contribution in [3.63, 3.8) is 0 Å². The first kappa shape index (κ1) is 16.6. The molecular weight excluding hydrogens is 302 g/mol. The lowest BCUT2D eigenvalue weighted by molar-refractivity contribution is -0.589. The van der Waals surface area contributed by atoms with Crippen LogP contribution < -0.4 is 21.5 Å². The average Bonchev–Trinajstić information content (AvgIpc) is 2.29. The maximum atomic E-state index is 11.7. The predicted molar refractivity (Wildman–Crippen MR) is 59.8 cm³/mol. The van der Waals surface area contributed by atoms with Gasteiger partial charge in [0.15, 0.2) is 6.20 Å². The van der Waals surface area contributed by atoms with Crippen LogP contribution in [0.3, 0.4) is 0 Å². The molecule has 0 saturated heterocycles. The zero-order valence-electron chi connectivity index (χ0n) is 10.6. The third-order valence-electron chi connectivity index (χ3n) is 2.13. The first-order valence-electron chi connectivity index (χ1n) is 5.47. The van der Waals surface area contributed by atoms with Gasteiger partial charge in [-0.15, -0.1) is 0 Å². The van der Waals surface area contributed by atoms with Gasteiger partial charge in [0.05, 0.1) is 13.2 Å². The third-order valence-corrected chi connectivity index (χ3v) is 2.13. The first-order valence-corrected chi connectivity index (χ1v) is 5.47. The van der Waals surface area contributed by atoms with E-state index in [2.05, 4.69) is 0 Å². The number of halogens is 1. The Morgan fingerprint density at radius 2 is 1.83 bits per heavy atom. The summed E-state index contributed by atoms with van der Waals surface area (Å²) in [6.07, 6.45) is 0.899. The first-order chi connectivity index (χ1) is 8.11. The van der Waals surface area contributed by atoms with Gasteiger partial charge in [0, 0.05) is 11.6 Å². The molecule has 0 fully saturated rings. The van der Waals surface area contributed by atoms with Crippen LogP contribution >= 0.6 is 0 Å².